The highest BCUT2D eigenvalue weighted by Gasteiger charge is 2.45. The normalized spacial score (nSPS) is 20.1. The molecule has 6 heteroatoms. The molecule has 0 saturated carbocycles. The van der Waals surface area contributed by atoms with E-state index in [2.05, 4.69) is 17.9 Å². The monoisotopic (exact) mass is 233 g/mol. The van der Waals surface area contributed by atoms with Crippen LogP contribution in [0.4, 0.5) is 0 Å². The summed E-state index contributed by atoms with van der Waals surface area (Å²) in [6, 6.07) is -0.926. The lowest BCUT2D eigenvalue weighted by Gasteiger charge is -2.39. The zero-order chi connectivity index (χ0) is 11.5. The maximum Gasteiger partial charge on any atom is 0.327 e. The molecule has 5 nitrogen and oxygen atoms in total. The molecule has 1 rings (SSSR count). The van der Waals surface area contributed by atoms with Crippen LogP contribution in [0, 0.1) is 5.41 Å². The second-order valence-corrected chi connectivity index (χ2v) is 4.04. The topological polar surface area (TPSA) is 75.6 Å². The SMILES string of the molecule is CCC1(C(=O)N[C@@H](CS)C(=O)O)COC1. The number of rotatable bonds is 5. The molecular formula is C9H15NO4S. The van der Waals surface area contributed by atoms with Gasteiger partial charge < -0.3 is 15.2 Å². The summed E-state index contributed by atoms with van der Waals surface area (Å²) >= 11 is 3.88. The minimum atomic E-state index is -1.06. The molecule has 1 saturated heterocycles. The van der Waals surface area contributed by atoms with Gasteiger partial charge in [-0.15, -0.1) is 0 Å². The van der Waals surface area contributed by atoms with Crippen molar-refractivity contribution in [3.8, 4) is 0 Å². The first-order valence-electron chi connectivity index (χ1n) is 4.78. The molecule has 0 aromatic rings. The molecule has 0 aromatic carbocycles. The van der Waals surface area contributed by atoms with Crippen LogP contribution >= 0.6 is 12.6 Å². The summed E-state index contributed by atoms with van der Waals surface area (Å²) in [5, 5.41) is 11.2. The second kappa shape index (κ2) is 4.85. The smallest absolute Gasteiger partial charge is 0.327 e. The maximum absolute atomic E-state index is 11.8. The van der Waals surface area contributed by atoms with Crippen molar-refractivity contribution >= 4 is 24.5 Å². The maximum atomic E-state index is 11.8. The van der Waals surface area contributed by atoms with Crippen molar-refractivity contribution in [3.05, 3.63) is 0 Å². The third-order valence-electron chi connectivity index (χ3n) is 2.70. The number of carboxylic acid groups (broad SMARTS) is 1. The van der Waals surface area contributed by atoms with Gasteiger partial charge in [0.15, 0.2) is 0 Å². The Morgan fingerprint density at radius 2 is 2.20 bits per heavy atom. The quantitative estimate of drug-likeness (QED) is 0.580. The number of hydrogen-bond acceptors (Lipinski definition) is 4. The number of amides is 1. The first-order valence-corrected chi connectivity index (χ1v) is 5.41. The van der Waals surface area contributed by atoms with Crippen LogP contribution in [0.3, 0.4) is 0 Å². The number of thiol groups is 1. The Labute approximate surface area is 93.6 Å². The highest BCUT2D eigenvalue weighted by atomic mass is 32.1. The summed E-state index contributed by atoms with van der Waals surface area (Å²) in [5.41, 5.74) is -0.531. The molecule has 0 aromatic heterocycles. The number of carbonyl (C=O) groups is 2. The number of aliphatic carboxylic acids is 1. The average molecular weight is 233 g/mol. The Morgan fingerprint density at radius 1 is 1.60 bits per heavy atom. The lowest BCUT2D eigenvalue weighted by Crippen LogP contribution is -2.57. The van der Waals surface area contributed by atoms with Gasteiger partial charge in [0.25, 0.3) is 0 Å². The lowest BCUT2D eigenvalue weighted by atomic mass is 9.82. The van der Waals surface area contributed by atoms with Crippen LogP contribution in [0.25, 0.3) is 0 Å². The molecule has 0 unspecified atom stereocenters. The molecule has 1 fully saturated rings. The zero-order valence-electron chi connectivity index (χ0n) is 8.52. The van der Waals surface area contributed by atoms with Crippen molar-refractivity contribution in [2.24, 2.45) is 5.41 Å². The fraction of sp³-hybridized carbons (Fsp3) is 0.778. The Bertz CT molecular complexity index is 259. The highest BCUT2D eigenvalue weighted by Crippen LogP contribution is 2.31. The van der Waals surface area contributed by atoms with Crippen LogP contribution < -0.4 is 5.32 Å². The summed E-state index contributed by atoms with van der Waals surface area (Å²) in [4.78, 5) is 22.5. The van der Waals surface area contributed by atoms with Crippen LogP contribution in [-0.2, 0) is 14.3 Å². The summed E-state index contributed by atoms with van der Waals surface area (Å²) in [6.45, 7) is 2.63. The number of nitrogens with one attached hydrogen (secondary N) is 1. The summed E-state index contributed by atoms with van der Waals surface area (Å²) in [6.07, 6.45) is 0.651. The van der Waals surface area contributed by atoms with E-state index in [1.807, 2.05) is 6.92 Å². The van der Waals surface area contributed by atoms with E-state index in [1.54, 1.807) is 0 Å². The molecule has 2 N–H and O–H groups in total. The Kier molecular flexibility index (Phi) is 3.98. The minimum Gasteiger partial charge on any atom is -0.480 e. The van der Waals surface area contributed by atoms with E-state index < -0.39 is 17.4 Å². The Hall–Kier alpha value is -0.750. The molecule has 0 aliphatic carbocycles. The van der Waals surface area contributed by atoms with E-state index in [4.69, 9.17) is 9.84 Å². The van der Waals surface area contributed by atoms with Crippen molar-refractivity contribution < 1.29 is 19.4 Å². The van der Waals surface area contributed by atoms with Gasteiger partial charge in [0, 0.05) is 5.75 Å². The van der Waals surface area contributed by atoms with Gasteiger partial charge in [0.2, 0.25) is 5.91 Å². The van der Waals surface area contributed by atoms with Crippen LogP contribution in [-0.4, -0.2) is 42.0 Å². The average Bonchev–Trinajstić information content (AvgIpc) is 2.12. The van der Waals surface area contributed by atoms with Crippen molar-refractivity contribution in [1.29, 1.82) is 0 Å². The van der Waals surface area contributed by atoms with Gasteiger partial charge in [-0.3, -0.25) is 4.79 Å². The van der Waals surface area contributed by atoms with Gasteiger partial charge in [-0.25, -0.2) is 4.79 Å². The fourth-order valence-electron chi connectivity index (χ4n) is 1.34. The highest BCUT2D eigenvalue weighted by molar-refractivity contribution is 7.80. The van der Waals surface area contributed by atoms with E-state index in [-0.39, 0.29) is 11.7 Å². The minimum absolute atomic E-state index is 0.0850. The molecule has 0 radical (unpaired) electrons. The second-order valence-electron chi connectivity index (χ2n) is 3.67. The van der Waals surface area contributed by atoms with E-state index in [0.717, 1.165) is 0 Å². The van der Waals surface area contributed by atoms with Gasteiger partial charge in [-0.2, -0.15) is 12.6 Å². The van der Waals surface area contributed by atoms with Gasteiger partial charge in [-0.05, 0) is 6.42 Å². The molecule has 15 heavy (non-hydrogen) atoms. The number of carboxylic acids is 1. The summed E-state index contributed by atoms with van der Waals surface area (Å²) in [7, 11) is 0. The van der Waals surface area contributed by atoms with Crippen molar-refractivity contribution in [1.82, 2.24) is 5.32 Å². The van der Waals surface area contributed by atoms with Crippen LogP contribution in [0.5, 0.6) is 0 Å². The fourth-order valence-corrected chi connectivity index (χ4v) is 1.59. The summed E-state index contributed by atoms with van der Waals surface area (Å²) < 4.78 is 5.00. The Balaban J connectivity index is 2.57. The number of carbonyl (C=O) groups excluding carboxylic acids is 1. The molecule has 1 heterocycles. The van der Waals surface area contributed by atoms with Gasteiger partial charge in [-0.1, -0.05) is 6.92 Å². The lowest BCUT2D eigenvalue weighted by molar-refractivity contribution is -0.164. The molecule has 1 atom stereocenters. The van der Waals surface area contributed by atoms with Crippen LogP contribution in [0.15, 0.2) is 0 Å². The first kappa shape index (κ1) is 12.3. The predicted molar refractivity (Wildman–Crippen MR) is 57.0 cm³/mol. The number of hydrogen-bond donors (Lipinski definition) is 3. The van der Waals surface area contributed by atoms with E-state index in [1.165, 1.54) is 0 Å². The van der Waals surface area contributed by atoms with E-state index in [0.29, 0.717) is 19.6 Å². The van der Waals surface area contributed by atoms with Crippen LogP contribution in [0.1, 0.15) is 13.3 Å². The molecule has 1 aliphatic heterocycles. The molecule has 0 spiro atoms. The summed E-state index contributed by atoms with van der Waals surface area (Å²) in [5.74, 6) is -1.23. The predicted octanol–water partition coefficient (Wildman–Crippen LogP) is -0.0878. The van der Waals surface area contributed by atoms with E-state index >= 15 is 0 Å². The van der Waals surface area contributed by atoms with E-state index in [9.17, 15) is 9.59 Å². The molecule has 0 bridgehead atoms. The largest absolute Gasteiger partial charge is 0.480 e. The molecule has 1 amide bonds. The van der Waals surface area contributed by atoms with Crippen molar-refractivity contribution in [3.63, 3.8) is 0 Å². The molecule has 86 valence electrons. The number of ether oxygens (including phenoxy) is 1. The third-order valence-corrected chi connectivity index (χ3v) is 3.07. The van der Waals surface area contributed by atoms with Gasteiger partial charge in [0.1, 0.15) is 6.04 Å². The third kappa shape index (κ3) is 2.43. The van der Waals surface area contributed by atoms with Gasteiger partial charge in [0.05, 0.1) is 18.6 Å². The molecule has 1 aliphatic rings. The van der Waals surface area contributed by atoms with Gasteiger partial charge >= 0.3 is 5.97 Å². The van der Waals surface area contributed by atoms with Crippen LogP contribution in [0.2, 0.25) is 0 Å². The zero-order valence-corrected chi connectivity index (χ0v) is 9.42. The standard InChI is InChI=1S/C9H15NO4S/c1-2-9(4-14-5-9)8(13)10-6(3-15)7(11)12/h6,15H,2-5H2,1H3,(H,10,13)(H,11,12)/t6-/m0/s1. The first-order chi connectivity index (χ1) is 7.05. The Morgan fingerprint density at radius 3 is 2.47 bits per heavy atom. The molecular weight excluding hydrogens is 218 g/mol. The van der Waals surface area contributed by atoms with Crippen molar-refractivity contribution in [2.75, 3.05) is 19.0 Å². The van der Waals surface area contributed by atoms with Crippen molar-refractivity contribution in [2.45, 2.75) is 19.4 Å².